The normalized spacial score (nSPS) is 16.3. The van der Waals surface area contributed by atoms with Crippen LogP contribution in [-0.2, 0) is 0 Å². The first-order valence-electron chi connectivity index (χ1n) is 5.99. The molecule has 18 heavy (non-hydrogen) atoms. The molecule has 0 aliphatic heterocycles. The van der Waals surface area contributed by atoms with Gasteiger partial charge in [0.1, 0.15) is 11.6 Å². The van der Waals surface area contributed by atoms with E-state index in [9.17, 15) is 13.9 Å². The van der Waals surface area contributed by atoms with Crippen molar-refractivity contribution in [2.24, 2.45) is 0 Å². The predicted molar refractivity (Wildman–Crippen MR) is 65.1 cm³/mol. The lowest BCUT2D eigenvalue weighted by Crippen LogP contribution is -2.42. The molecular weight excluding hydrogens is 240 g/mol. The number of nitrogens with one attached hydrogen (secondary N) is 1. The molecule has 0 aromatic heterocycles. The lowest BCUT2D eigenvalue weighted by Gasteiger charge is -2.25. The van der Waals surface area contributed by atoms with Gasteiger partial charge in [-0.3, -0.25) is 0 Å². The second-order valence-electron chi connectivity index (χ2n) is 4.35. The summed E-state index contributed by atoms with van der Waals surface area (Å²) in [5.41, 5.74) is -0.0807. The molecule has 3 atom stereocenters. The molecule has 0 saturated carbocycles. The van der Waals surface area contributed by atoms with Crippen molar-refractivity contribution in [2.45, 2.75) is 38.5 Å². The summed E-state index contributed by atoms with van der Waals surface area (Å²) in [6, 6.07) is 2.32. The Labute approximate surface area is 105 Å². The third kappa shape index (κ3) is 3.73. The highest BCUT2D eigenvalue weighted by Crippen LogP contribution is 2.21. The maximum absolute atomic E-state index is 13.5. The highest BCUT2D eigenvalue weighted by atomic mass is 19.1. The first-order valence-corrected chi connectivity index (χ1v) is 5.99. The van der Waals surface area contributed by atoms with Gasteiger partial charge >= 0.3 is 0 Å². The van der Waals surface area contributed by atoms with E-state index < -0.39 is 23.8 Å². The third-order valence-corrected chi connectivity index (χ3v) is 2.96. The molecule has 0 heterocycles. The van der Waals surface area contributed by atoms with Crippen molar-refractivity contribution in [3.05, 3.63) is 35.4 Å². The zero-order chi connectivity index (χ0) is 13.7. The van der Waals surface area contributed by atoms with Gasteiger partial charge in [0.2, 0.25) is 0 Å². The van der Waals surface area contributed by atoms with Crippen molar-refractivity contribution in [1.29, 1.82) is 0 Å². The Kier molecular flexibility index (Phi) is 5.65. The minimum Gasteiger partial charge on any atom is -0.395 e. The molecule has 3 nitrogen and oxygen atoms in total. The fourth-order valence-electron chi connectivity index (χ4n) is 1.77. The molecule has 5 heteroatoms. The van der Waals surface area contributed by atoms with Gasteiger partial charge in [-0.2, -0.15) is 0 Å². The summed E-state index contributed by atoms with van der Waals surface area (Å²) in [6.07, 6.45) is -0.486. The maximum atomic E-state index is 13.5. The van der Waals surface area contributed by atoms with E-state index in [1.165, 1.54) is 0 Å². The Morgan fingerprint density at radius 1 is 1.33 bits per heavy atom. The van der Waals surface area contributed by atoms with E-state index >= 15 is 0 Å². The smallest absolute Gasteiger partial charge is 0.129 e. The van der Waals surface area contributed by atoms with Crippen LogP contribution in [0.25, 0.3) is 0 Å². The van der Waals surface area contributed by atoms with Gasteiger partial charge in [-0.05, 0) is 31.5 Å². The Morgan fingerprint density at radius 2 is 2.00 bits per heavy atom. The molecule has 0 aliphatic carbocycles. The molecular formula is C13H19F2NO2. The Hall–Kier alpha value is -1.04. The Morgan fingerprint density at radius 3 is 2.56 bits per heavy atom. The van der Waals surface area contributed by atoms with Crippen molar-refractivity contribution < 1.29 is 19.0 Å². The van der Waals surface area contributed by atoms with Crippen molar-refractivity contribution in [3.63, 3.8) is 0 Å². The van der Waals surface area contributed by atoms with Crippen LogP contribution in [-0.4, -0.2) is 28.9 Å². The second-order valence-corrected chi connectivity index (χ2v) is 4.35. The molecule has 1 aromatic rings. The monoisotopic (exact) mass is 259 g/mol. The van der Waals surface area contributed by atoms with E-state index in [1.807, 2.05) is 6.92 Å². The first kappa shape index (κ1) is 15.0. The van der Waals surface area contributed by atoms with Crippen LogP contribution in [0.3, 0.4) is 0 Å². The standard InChI is InChI=1S/C13H19F2NO2/c1-3-10(7-17)16-8(2)13(18)11-6-9(14)4-5-12(11)15/h4-6,8,10,13,16-18H,3,7H2,1-2H3. The summed E-state index contributed by atoms with van der Waals surface area (Å²) in [4.78, 5) is 0. The van der Waals surface area contributed by atoms with Gasteiger partial charge in [0.15, 0.2) is 0 Å². The van der Waals surface area contributed by atoms with E-state index in [1.54, 1.807) is 6.92 Å². The molecule has 0 spiro atoms. The first-order chi connectivity index (χ1) is 8.49. The Bertz CT molecular complexity index is 383. The molecule has 0 bridgehead atoms. The molecule has 0 amide bonds. The lowest BCUT2D eigenvalue weighted by atomic mass is 10.0. The van der Waals surface area contributed by atoms with Gasteiger partial charge in [-0.15, -0.1) is 0 Å². The van der Waals surface area contributed by atoms with Gasteiger partial charge in [0.25, 0.3) is 0 Å². The maximum Gasteiger partial charge on any atom is 0.129 e. The van der Waals surface area contributed by atoms with Crippen LogP contribution in [0.15, 0.2) is 18.2 Å². The van der Waals surface area contributed by atoms with Crippen LogP contribution < -0.4 is 5.32 Å². The van der Waals surface area contributed by atoms with Gasteiger partial charge < -0.3 is 15.5 Å². The summed E-state index contributed by atoms with van der Waals surface area (Å²) in [5.74, 6) is -1.23. The summed E-state index contributed by atoms with van der Waals surface area (Å²) in [6.45, 7) is 3.47. The molecule has 1 rings (SSSR count). The summed E-state index contributed by atoms with van der Waals surface area (Å²) in [7, 11) is 0. The van der Waals surface area contributed by atoms with Crippen LogP contribution in [0.5, 0.6) is 0 Å². The minimum atomic E-state index is -1.17. The second kappa shape index (κ2) is 6.78. The van der Waals surface area contributed by atoms with Crippen LogP contribution in [0.2, 0.25) is 0 Å². The highest BCUT2D eigenvalue weighted by Gasteiger charge is 2.22. The highest BCUT2D eigenvalue weighted by molar-refractivity contribution is 5.22. The average molecular weight is 259 g/mol. The molecule has 3 N–H and O–H groups in total. The van der Waals surface area contributed by atoms with Crippen molar-refractivity contribution in [1.82, 2.24) is 5.32 Å². The molecule has 0 radical (unpaired) electrons. The molecule has 3 unspecified atom stereocenters. The predicted octanol–water partition coefficient (Wildman–Crippen LogP) is 1.75. The van der Waals surface area contributed by atoms with E-state index in [4.69, 9.17) is 5.11 Å². The largest absolute Gasteiger partial charge is 0.395 e. The number of hydrogen-bond acceptors (Lipinski definition) is 3. The molecule has 0 fully saturated rings. The van der Waals surface area contributed by atoms with E-state index in [2.05, 4.69) is 5.32 Å². The van der Waals surface area contributed by atoms with Gasteiger partial charge in [0.05, 0.1) is 12.7 Å². The number of rotatable bonds is 6. The van der Waals surface area contributed by atoms with Crippen molar-refractivity contribution in [3.8, 4) is 0 Å². The topological polar surface area (TPSA) is 52.5 Å². The van der Waals surface area contributed by atoms with E-state index in [0.717, 1.165) is 18.2 Å². The van der Waals surface area contributed by atoms with Crippen LogP contribution >= 0.6 is 0 Å². The van der Waals surface area contributed by atoms with Crippen LogP contribution in [0.1, 0.15) is 31.9 Å². The zero-order valence-electron chi connectivity index (χ0n) is 10.5. The summed E-state index contributed by atoms with van der Waals surface area (Å²) < 4.78 is 26.5. The Balaban J connectivity index is 2.79. The fourth-order valence-corrected chi connectivity index (χ4v) is 1.77. The van der Waals surface area contributed by atoms with E-state index in [0.29, 0.717) is 6.42 Å². The zero-order valence-corrected chi connectivity index (χ0v) is 10.5. The number of hydrogen-bond donors (Lipinski definition) is 3. The van der Waals surface area contributed by atoms with Crippen molar-refractivity contribution in [2.75, 3.05) is 6.61 Å². The minimum absolute atomic E-state index is 0.0702. The summed E-state index contributed by atoms with van der Waals surface area (Å²) in [5, 5.41) is 22.0. The van der Waals surface area contributed by atoms with Crippen LogP contribution in [0.4, 0.5) is 8.78 Å². The SMILES string of the molecule is CCC(CO)NC(C)C(O)c1cc(F)ccc1F. The average Bonchev–Trinajstić information content (AvgIpc) is 2.37. The van der Waals surface area contributed by atoms with E-state index in [-0.39, 0.29) is 18.2 Å². The third-order valence-electron chi connectivity index (χ3n) is 2.96. The number of halogens is 2. The van der Waals surface area contributed by atoms with Gasteiger partial charge in [-0.1, -0.05) is 6.92 Å². The number of aliphatic hydroxyl groups excluding tert-OH is 2. The van der Waals surface area contributed by atoms with Gasteiger partial charge in [-0.25, -0.2) is 8.78 Å². The number of benzene rings is 1. The molecule has 102 valence electrons. The van der Waals surface area contributed by atoms with Crippen LogP contribution in [0, 0.1) is 11.6 Å². The molecule has 1 aromatic carbocycles. The number of aliphatic hydroxyl groups is 2. The lowest BCUT2D eigenvalue weighted by molar-refractivity contribution is 0.115. The summed E-state index contributed by atoms with van der Waals surface area (Å²) >= 11 is 0. The molecule has 0 aliphatic rings. The fraction of sp³-hybridized carbons (Fsp3) is 0.538. The van der Waals surface area contributed by atoms with Crippen molar-refractivity contribution >= 4 is 0 Å². The molecule has 0 saturated heterocycles. The quantitative estimate of drug-likeness (QED) is 0.729. The van der Waals surface area contributed by atoms with Gasteiger partial charge in [0, 0.05) is 17.6 Å².